The Hall–Kier alpha value is -4.34. The van der Waals surface area contributed by atoms with Gasteiger partial charge in [0.1, 0.15) is 6.33 Å². The molecule has 10 nitrogen and oxygen atoms in total. The van der Waals surface area contributed by atoms with Crippen LogP contribution in [0.15, 0.2) is 53.7 Å². The molecule has 0 spiro atoms. The zero-order valence-corrected chi connectivity index (χ0v) is 21.1. The molecule has 4 aromatic heterocycles. The molecule has 1 N–H and O–H groups in total. The fourth-order valence-corrected chi connectivity index (χ4v) is 4.15. The number of amides is 1. The van der Waals surface area contributed by atoms with E-state index >= 15 is 0 Å². The van der Waals surface area contributed by atoms with E-state index in [1.165, 1.54) is 0 Å². The van der Waals surface area contributed by atoms with Crippen molar-refractivity contribution < 1.29 is 9.32 Å². The normalized spacial score (nSPS) is 12.7. The van der Waals surface area contributed by atoms with Crippen molar-refractivity contribution >= 4 is 11.4 Å². The number of benzene rings is 1. The molecule has 1 atom stereocenters. The van der Waals surface area contributed by atoms with Crippen molar-refractivity contribution in [2.45, 2.75) is 46.1 Å². The zero-order chi connectivity index (χ0) is 25.6. The van der Waals surface area contributed by atoms with Gasteiger partial charge in [0.25, 0.3) is 0 Å². The summed E-state index contributed by atoms with van der Waals surface area (Å²) in [6, 6.07) is 7.89. The number of fused-ring (bicyclic) bond motifs is 1. The van der Waals surface area contributed by atoms with Crippen LogP contribution in [0.3, 0.4) is 0 Å². The van der Waals surface area contributed by atoms with Gasteiger partial charge in [-0.2, -0.15) is 15.2 Å². The third-order valence-electron chi connectivity index (χ3n) is 6.09. The maximum atomic E-state index is 12.7. The summed E-state index contributed by atoms with van der Waals surface area (Å²) in [4.78, 5) is 21.5. The average Bonchev–Trinajstić information content (AvgIpc) is 3.57. The number of carbonyl (C=O) groups is 1. The molecule has 0 saturated carbocycles. The number of hydrogen-bond donors (Lipinski definition) is 1. The van der Waals surface area contributed by atoms with Gasteiger partial charge >= 0.3 is 11.8 Å². The van der Waals surface area contributed by atoms with Gasteiger partial charge in [0.05, 0.1) is 23.4 Å². The summed E-state index contributed by atoms with van der Waals surface area (Å²) < 4.78 is 8.78. The first-order valence-corrected chi connectivity index (χ1v) is 11.7. The Morgan fingerprint density at radius 2 is 1.89 bits per heavy atom. The van der Waals surface area contributed by atoms with Gasteiger partial charge in [0.15, 0.2) is 5.82 Å². The molecule has 36 heavy (non-hydrogen) atoms. The fourth-order valence-electron chi connectivity index (χ4n) is 4.15. The van der Waals surface area contributed by atoms with Crippen LogP contribution in [0.1, 0.15) is 61.4 Å². The molecule has 0 fully saturated rings. The van der Waals surface area contributed by atoms with Crippen molar-refractivity contribution in [1.29, 1.82) is 0 Å². The third kappa shape index (κ3) is 4.37. The molecule has 0 unspecified atom stereocenters. The summed E-state index contributed by atoms with van der Waals surface area (Å²) in [5.74, 6) is 0.0544. The average molecular weight is 485 g/mol. The molecule has 1 amide bonds. The molecule has 0 aliphatic heterocycles. The zero-order valence-electron chi connectivity index (χ0n) is 21.1. The summed E-state index contributed by atoms with van der Waals surface area (Å²) in [5.41, 5.74) is 6.43. The number of hydrogen-bond acceptors (Lipinski definition) is 7. The van der Waals surface area contributed by atoms with Gasteiger partial charge < -0.3 is 9.84 Å². The predicted octanol–water partition coefficient (Wildman–Crippen LogP) is 4.28. The number of nitrogens with one attached hydrogen (secondary N) is 1. The van der Waals surface area contributed by atoms with E-state index in [2.05, 4.69) is 42.8 Å². The minimum absolute atomic E-state index is 0.0397. The minimum atomic E-state index is -0.400. The third-order valence-corrected chi connectivity index (χ3v) is 6.09. The molecule has 0 saturated heterocycles. The molecule has 184 valence electrons. The highest BCUT2D eigenvalue weighted by Crippen LogP contribution is 2.30. The lowest BCUT2D eigenvalue weighted by Gasteiger charge is -2.16. The largest absolute Gasteiger partial charge is 0.341 e. The second-order valence-corrected chi connectivity index (χ2v) is 10.0. The van der Waals surface area contributed by atoms with Crippen molar-refractivity contribution in [3.63, 3.8) is 0 Å². The highest BCUT2D eigenvalue weighted by molar-refractivity contribution is 5.89. The Morgan fingerprint density at radius 3 is 2.56 bits per heavy atom. The van der Waals surface area contributed by atoms with Crippen molar-refractivity contribution in [2.75, 3.05) is 0 Å². The SMILES string of the molecule is Cc1cc(-c2ncnn3cc(-c4cnn(C)c4)cc23)ccc1[C@@H](C)NC(=O)c1nc(C(C)(C)C)no1. The number of aromatic nitrogens is 7. The van der Waals surface area contributed by atoms with E-state index in [0.29, 0.717) is 5.82 Å². The summed E-state index contributed by atoms with van der Waals surface area (Å²) in [7, 11) is 1.89. The molecule has 5 aromatic rings. The number of carbonyl (C=O) groups excluding carboxylic acids is 1. The van der Waals surface area contributed by atoms with E-state index in [4.69, 9.17) is 4.52 Å². The standard InChI is InChI=1S/C26H28N8O2/c1-15-9-17(22-21-10-18(13-34(21)29-14-27-22)19-11-28-33(6)12-19)7-8-20(15)16(2)30-23(35)24-31-25(32-36-24)26(3,4)5/h7-14,16H,1-6H3,(H,30,35)/t16-/m1/s1. The van der Waals surface area contributed by atoms with Gasteiger partial charge in [0.2, 0.25) is 0 Å². The van der Waals surface area contributed by atoms with Gasteiger partial charge in [-0.05, 0) is 37.1 Å². The topological polar surface area (TPSA) is 116 Å². The van der Waals surface area contributed by atoms with Crippen LogP contribution in [0.25, 0.3) is 27.9 Å². The van der Waals surface area contributed by atoms with E-state index in [1.54, 1.807) is 11.0 Å². The van der Waals surface area contributed by atoms with Gasteiger partial charge in [-0.15, -0.1) is 0 Å². The monoisotopic (exact) mass is 484 g/mol. The summed E-state index contributed by atoms with van der Waals surface area (Å²) in [5, 5.41) is 15.5. The first kappa shape index (κ1) is 23.4. The molecule has 0 aliphatic carbocycles. The van der Waals surface area contributed by atoms with Crippen LogP contribution in [0.5, 0.6) is 0 Å². The van der Waals surface area contributed by atoms with Crippen LogP contribution in [-0.2, 0) is 12.5 Å². The fraction of sp³-hybridized carbons (Fsp3) is 0.308. The first-order valence-electron chi connectivity index (χ1n) is 11.7. The van der Waals surface area contributed by atoms with Gasteiger partial charge in [-0.25, -0.2) is 9.50 Å². The van der Waals surface area contributed by atoms with E-state index < -0.39 is 5.91 Å². The highest BCUT2D eigenvalue weighted by atomic mass is 16.5. The van der Waals surface area contributed by atoms with Gasteiger partial charge in [-0.1, -0.05) is 38.1 Å². The second kappa shape index (κ2) is 8.71. The van der Waals surface area contributed by atoms with Crippen molar-refractivity contribution in [3.8, 4) is 22.4 Å². The number of rotatable bonds is 5. The van der Waals surface area contributed by atoms with E-state index in [0.717, 1.165) is 39.0 Å². The quantitative estimate of drug-likeness (QED) is 0.396. The van der Waals surface area contributed by atoms with E-state index in [9.17, 15) is 4.79 Å². The molecule has 10 heteroatoms. The molecular formula is C26H28N8O2. The number of nitrogens with zero attached hydrogens (tertiary/aromatic N) is 7. The predicted molar refractivity (Wildman–Crippen MR) is 134 cm³/mol. The summed E-state index contributed by atoms with van der Waals surface area (Å²) in [6.07, 6.45) is 7.32. The Balaban J connectivity index is 1.39. The van der Waals surface area contributed by atoms with Crippen LogP contribution in [0, 0.1) is 6.92 Å². The van der Waals surface area contributed by atoms with Crippen LogP contribution in [-0.4, -0.2) is 40.4 Å². The van der Waals surface area contributed by atoms with Crippen molar-refractivity contribution in [1.82, 2.24) is 39.8 Å². The first-order chi connectivity index (χ1) is 17.1. The smallest absolute Gasteiger partial charge is 0.315 e. The molecule has 4 heterocycles. The van der Waals surface area contributed by atoms with E-state index in [1.807, 2.05) is 76.9 Å². The lowest BCUT2D eigenvalue weighted by Crippen LogP contribution is -2.27. The Kier molecular flexibility index (Phi) is 5.66. The Morgan fingerprint density at radius 1 is 1.08 bits per heavy atom. The van der Waals surface area contributed by atoms with Crippen LogP contribution >= 0.6 is 0 Å². The second-order valence-electron chi connectivity index (χ2n) is 10.0. The number of aryl methyl sites for hydroxylation is 2. The van der Waals surface area contributed by atoms with E-state index in [-0.39, 0.29) is 17.3 Å². The molecule has 0 radical (unpaired) electrons. The van der Waals surface area contributed by atoms with Gasteiger partial charge in [0, 0.05) is 41.5 Å². The molecule has 1 aromatic carbocycles. The molecule has 5 rings (SSSR count). The van der Waals surface area contributed by atoms with Crippen LogP contribution < -0.4 is 5.32 Å². The van der Waals surface area contributed by atoms with Crippen molar-refractivity contribution in [3.05, 3.63) is 72.0 Å². The lowest BCUT2D eigenvalue weighted by molar-refractivity contribution is 0.0895. The molecule has 0 aliphatic rings. The summed E-state index contributed by atoms with van der Waals surface area (Å²) >= 11 is 0. The lowest BCUT2D eigenvalue weighted by atomic mass is 9.96. The van der Waals surface area contributed by atoms with Crippen LogP contribution in [0.2, 0.25) is 0 Å². The molecular weight excluding hydrogens is 456 g/mol. The molecule has 0 bridgehead atoms. The van der Waals surface area contributed by atoms with Gasteiger partial charge in [-0.3, -0.25) is 9.48 Å². The van der Waals surface area contributed by atoms with Crippen LogP contribution in [0.4, 0.5) is 0 Å². The van der Waals surface area contributed by atoms with Crippen molar-refractivity contribution in [2.24, 2.45) is 7.05 Å². The maximum Gasteiger partial charge on any atom is 0.315 e. The Labute approximate surface area is 208 Å². The summed E-state index contributed by atoms with van der Waals surface area (Å²) in [6.45, 7) is 9.84. The minimum Gasteiger partial charge on any atom is -0.341 e. The highest BCUT2D eigenvalue weighted by Gasteiger charge is 2.25. The maximum absolute atomic E-state index is 12.7. The Bertz CT molecular complexity index is 1570.